The fraction of sp³-hybridized carbons (Fsp3) is 0.622. The summed E-state index contributed by atoms with van der Waals surface area (Å²) in [6, 6.07) is 14.7. The molecule has 0 spiro atoms. The largest absolute Gasteiger partial charge is 0.493 e. The molecule has 232 valence electrons. The minimum Gasteiger partial charge on any atom is -0.493 e. The van der Waals surface area contributed by atoms with Crippen LogP contribution in [0.4, 0.5) is 0 Å². The lowest BCUT2D eigenvalue weighted by atomic mass is 9.80. The van der Waals surface area contributed by atoms with Gasteiger partial charge in [-0.15, -0.1) is 0 Å². The molecule has 1 saturated carbocycles. The maximum Gasteiger partial charge on any atom is 0.261 e. The van der Waals surface area contributed by atoms with E-state index >= 15 is 0 Å². The van der Waals surface area contributed by atoms with E-state index in [9.17, 15) is 9.59 Å². The van der Waals surface area contributed by atoms with Crippen molar-refractivity contribution in [3.8, 4) is 5.75 Å². The van der Waals surface area contributed by atoms with Crippen LogP contribution in [0.5, 0.6) is 5.75 Å². The van der Waals surface area contributed by atoms with E-state index in [1.165, 1.54) is 107 Å². The van der Waals surface area contributed by atoms with Crippen LogP contribution < -0.4 is 4.74 Å². The van der Waals surface area contributed by atoms with Crippen molar-refractivity contribution in [2.24, 2.45) is 0 Å². The van der Waals surface area contributed by atoms with Crippen molar-refractivity contribution in [3.63, 3.8) is 0 Å². The number of imide groups is 1. The molecule has 0 radical (unpaired) electrons. The van der Waals surface area contributed by atoms with E-state index in [2.05, 4.69) is 28.0 Å². The van der Waals surface area contributed by atoms with Gasteiger partial charge in [-0.3, -0.25) is 19.4 Å². The molecule has 6 rings (SSSR count). The van der Waals surface area contributed by atoms with Crippen LogP contribution in [0.2, 0.25) is 0 Å². The van der Waals surface area contributed by atoms with Crippen LogP contribution in [0.25, 0.3) is 0 Å². The van der Waals surface area contributed by atoms with Crippen LogP contribution in [-0.4, -0.2) is 78.4 Å². The van der Waals surface area contributed by atoms with Crippen molar-refractivity contribution < 1.29 is 14.3 Å². The molecule has 2 aromatic rings. The lowest BCUT2D eigenvalue weighted by Gasteiger charge is -2.41. The molecule has 0 bridgehead atoms. The predicted octanol–water partition coefficient (Wildman–Crippen LogP) is 7.07. The zero-order valence-electron chi connectivity index (χ0n) is 26.1. The summed E-state index contributed by atoms with van der Waals surface area (Å²) in [5, 5.41) is 0. The van der Waals surface area contributed by atoms with Gasteiger partial charge in [0.25, 0.3) is 11.8 Å². The smallest absolute Gasteiger partial charge is 0.261 e. The Bertz CT molecular complexity index is 1200. The number of carbonyl (C=O) groups is 2. The Balaban J connectivity index is 0.885. The first-order valence-electron chi connectivity index (χ1n) is 17.4. The van der Waals surface area contributed by atoms with E-state index in [-0.39, 0.29) is 11.8 Å². The number of nitrogens with zero attached hydrogens (tertiary/aromatic N) is 3. The first-order chi connectivity index (χ1) is 21.2. The van der Waals surface area contributed by atoms with E-state index in [0.717, 1.165) is 50.5 Å². The van der Waals surface area contributed by atoms with E-state index < -0.39 is 0 Å². The molecule has 6 heteroatoms. The molecular formula is C37H51N3O3. The molecule has 6 nitrogen and oxygen atoms in total. The lowest BCUT2D eigenvalue weighted by molar-refractivity contribution is 0.0651. The average Bonchev–Trinajstić information content (AvgIpc) is 3.30. The molecular weight excluding hydrogens is 534 g/mol. The zero-order chi connectivity index (χ0) is 29.4. The highest BCUT2D eigenvalue weighted by Crippen LogP contribution is 2.39. The molecule has 2 fully saturated rings. The van der Waals surface area contributed by atoms with Crippen LogP contribution >= 0.6 is 0 Å². The number of benzene rings is 2. The molecule has 0 N–H and O–H groups in total. The van der Waals surface area contributed by atoms with Gasteiger partial charge < -0.3 is 9.64 Å². The van der Waals surface area contributed by atoms with Crippen LogP contribution in [0, 0.1) is 0 Å². The Morgan fingerprint density at radius 1 is 0.698 bits per heavy atom. The standard InChI is InChI=1S/C37H51N3O3/c41-36-33-17-6-7-18-34(33)37(42)40(36)23-8-1-2-9-28-43-35-21-11-19-31-29(13-10-20-32(31)35)14-12-22-38-24-26-39(27-25-38)30-15-4-3-5-16-30/h6-7,11,17-19,21,29-30H,1-5,8-10,12-16,20,22-28H2. The lowest BCUT2D eigenvalue weighted by Crippen LogP contribution is -2.50. The van der Waals surface area contributed by atoms with Crippen molar-refractivity contribution in [3.05, 3.63) is 64.7 Å². The highest BCUT2D eigenvalue weighted by molar-refractivity contribution is 6.21. The monoisotopic (exact) mass is 585 g/mol. The average molecular weight is 586 g/mol. The molecule has 1 unspecified atom stereocenters. The second-order valence-electron chi connectivity index (χ2n) is 13.3. The minimum absolute atomic E-state index is 0.149. The minimum atomic E-state index is -0.149. The summed E-state index contributed by atoms with van der Waals surface area (Å²) in [6.07, 6.45) is 17.3. The van der Waals surface area contributed by atoms with Gasteiger partial charge in [-0.1, -0.05) is 56.4 Å². The predicted molar refractivity (Wildman–Crippen MR) is 172 cm³/mol. The third-order valence-corrected chi connectivity index (χ3v) is 10.5. The fourth-order valence-corrected chi connectivity index (χ4v) is 8.06. The van der Waals surface area contributed by atoms with Gasteiger partial charge in [0.1, 0.15) is 5.75 Å². The summed E-state index contributed by atoms with van der Waals surface area (Å²) in [5.41, 5.74) is 4.06. The molecule has 2 aliphatic heterocycles. The van der Waals surface area contributed by atoms with Crippen molar-refractivity contribution in [1.29, 1.82) is 0 Å². The van der Waals surface area contributed by atoms with E-state index in [0.29, 0.717) is 23.6 Å². The molecule has 1 atom stereocenters. The molecule has 2 heterocycles. The van der Waals surface area contributed by atoms with Crippen molar-refractivity contribution in [2.75, 3.05) is 45.9 Å². The van der Waals surface area contributed by atoms with Crippen LogP contribution in [-0.2, 0) is 6.42 Å². The first kappa shape index (κ1) is 30.3. The van der Waals surface area contributed by atoms with Crippen LogP contribution in [0.3, 0.4) is 0 Å². The van der Waals surface area contributed by atoms with Gasteiger partial charge in [-0.05, 0) is 99.6 Å². The molecule has 2 aliphatic carbocycles. The van der Waals surface area contributed by atoms with Gasteiger partial charge in [0, 0.05) is 38.8 Å². The third-order valence-electron chi connectivity index (χ3n) is 10.5. The van der Waals surface area contributed by atoms with Crippen molar-refractivity contribution >= 4 is 11.8 Å². The van der Waals surface area contributed by atoms with Gasteiger partial charge in [-0.25, -0.2) is 0 Å². The Labute approximate surface area is 258 Å². The van der Waals surface area contributed by atoms with E-state index in [1.54, 1.807) is 12.1 Å². The second-order valence-corrected chi connectivity index (χ2v) is 13.3. The Hall–Kier alpha value is -2.70. The Morgan fingerprint density at radius 2 is 1.44 bits per heavy atom. The van der Waals surface area contributed by atoms with Gasteiger partial charge in [-0.2, -0.15) is 0 Å². The van der Waals surface area contributed by atoms with Crippen LogP contribution in [0.15, 0.2) is 42.5 Å². The molecule has 1 saturated heterocycles. The summed E-state index contributed by atoms with van der Waals surface area (Å²) >= 11 is 0. The highest BCUT2D eigenvalue weighted by atomic mass is 16.5. The van der Waals surface area contributed by atoms with Crippen molar-refractivity contribution in [2.45, 2.75) is 102 Å². The van der Waals surface area contributed by atoms with E-state index in [1.807, 2.05) is 12.1 Å². The summed E-state index contributed by atoms with van der Waals surface area (Å²) in [6.45, 7) is 7.50. The topological polar surface area (TPSA) is 53.1 Å². The number of hydrogen-bond acceptors (Lipinski definition) is 5. The van der Waals surface area contributed by atoms with Gasteiger partial charge in [0.2, 0.25) is 0 Å². The summed E-state index contributed by atoms with van der Waals surface area (Å²) in [5.74, 6) is 1.46. The SMILES string of the molecule is O=C1c2ccccc2C(=O)N1CCCCCCOc1cccc2c1CCCC2CCCN1CCN(C2CCCCC2)CC1. The molecule has 4 aliphatic rings. The number of fused-ring (bicyclic) bond motifs is 2. The normalized spacial score (nSPS) is 21.7. The number of ether oxygens (including phenoxy) is 1. The molecule has 2 aromatic carbocycles. The summed E-state index contributed by atoms with van der Waals surface area (Å²) in [7, 11) is 0. The van der Waals surface area contributed by atoms with E-state index in [4.69, 9.17) is 4.74 Å². The van der Waals surface area contributed by atoms with Gasteiger partial charge in [0.05, 0.1) is 17.7 Å². The van der Waals surface area contributed by atoms with Crippen molar-refractivity contribution in [1.82, 2.24) is 14.7 Å². The Morgan fingerprint density at radius 3 is 2.21 bits per heavy atom. The number of unbranched alkanes of at least 4 members (excludes halogenated alkanes) is 3. The number of carbonyl (C=O) groups excluding carboxylic acids is 2. The maximum atomic E-state index is 12.5. The number of amides is 2. The maximum absolute atomic E-state index is 12.5. The molecule has 0 aromatic heterocycles. The number of rotatable bonds is 13. The van der Waals surface area contributed by atoms with Gasteiger partial charge >= 0.3 is 0 Å². The fourth-order valence-electron chi connectivity index (χ4n) is 8.06. The number of hydrogen-bond donors (Lipinski definition) is 0. The molecule has 43 heavy (non-hydrogen) atoms. The van der Waals surface area contributed by atoms with Gasteiger partial charge in [0.15, 0.2) is 0 Å². The quantitative estimate of drug-likeness (QED) is 0.186. The zero-order valence-corrected chi connectivity index (χ0v) is 26.1. The number of piperazine rings is 1. The second kappa shape index (κ2) is 14.9. The highest BCUT2D eigenvalue weighted by Gasteiger charge is 2.34. The third kappa shape index (κ3) is 7.34. The Kier molecular flexibility index (Phi) is 10.5. The molecule has 2 amide bonds. The first-order valence-corrected chi connectivity index (χ1v) is 17.4. The van der Waals surface area contributed by atoms with Crippen LogP contribution in [0.1, 0.15) is 121 Å². The summed E-state index contributed by atoms with van der Waals surface area (Å²) in [4.78, 5) is 32.0. The summed E-state index contributed by atoms with van der Waals surface area (Å²) < 4.78 is 6.34.